The van der Waals surface area contributed by atoms with Crippen LogP contribution in [0.4, 0.5) is 8.78 Å². The molecule has 4 aromatic rings. The number of rotatable bonds is 3. The highest BCUT2D eigenvalue weighted by atomic mass is 19.3. The third-order valence-corrected chi connectivity index (χ3v) is 7.44. The molecule has 1 aliphatic carbocycles. The van der Waals surface area contributed by atoms with Gasteiger partial charge in [0.2, 0.25) is 0 Å². The van der Waals surface area contributed by atoms with Gasteiger partial charge in [0.25, 0.3) is 11.8 Å². The van der Waals surface area contributed by atoms with E-state index in [4.69, 9.17) is 0 Å². The highest BCUT2D eigenvalue weighted by molar-refractivity contribution is 5.98. The van der Waals surface area contributed by atoms with Gasteiger partial charge in [-0.3, -0.25) is 4.79 Å². The lowest BCUT2D eigenvalue weighted by Crippen LogP contribution is -2.39. The summed E-state index contributed by atoms with van der Waals surface area (Å²) in [7, 11) is 5.47. The van der Waals surface area contributed by atoms with Crippen LogP contribution in [0.2, 0.25) is 0 Å². The molecule has 1 N–H and O–H groups in total. The van der Waals surface area contributed by atoms with Gasteiger partial charge in [-0.1, -0.05) is 18.2 Å². The summed E-state index contributed by atoms with van der Waals surface area (Å²) in [5.74, 6) is -2.84. The molecule has 1 unspecified atom stereocenters. The van der Waals surface area contributed by atoms with E-state index in [1.807, 2.05) is 43.6 Å². The van der Waals surface area contributed by atoms with Gasteiger partial charge in [0.05, 0.1) is 0 Å². The molecule has 0 fully saturated rings. The number of nitrogens with zero attached hydrogens (tertiary/aromatic N) is 3. The molecule has 0 saturated heterocycles. The molecule has 5 nitrogen and oxygen atoms in total. The molecule has 2 aliphatic rings. The summed E-state index contributed by atoms with van der Waals surface area (Å²) in [6.07, 6.45) is 3.45. The maximum atomic E-state index is 14.6. The molecule has 0 radical (unpaired) electrons. The van der Waals surface area contributed by atoms with Crippen LogP contribution in [0.25, 0.3) is 33.3 Å². The van der Waals surface area contributed by atoms with Gasteiger partial charge in [-0.25, -0.2) is 13.8 Å². The van der Waals surface area contributed by atoms with Crippen molar-refractivity contribution in [2.24, 2.45) is 0 Å². The summed E-state index contributed by atoms with van der Waals surface area (Å²) in [5, 5.41) is 0.950. The standard InChI is InChI=1S/C29H28F2N4O/c1-34(2)28(36)18-6-4-17(5-7-18)25-14-33-27-24(25)10-21(13-32-27)19-8-20-11-29(30,31)12-23-16-35(3)15-22(9-19)26(20)23/h4-10,13-14,23H,11-12,15-16H2,1-3H3,(H,32,33). The largest absolute Gasteiger partial charge is 0.346 e. The Morgan fingerprint density at radius 2 is 1.83 bits per heavy atom. The van der Waals surface area contributed by atoms with E-state index in [1.165, 1.54) is 0 Å². The van der Waals surface area contributed by atoms with Crippen molar-refractivity contribution in [1.82, 2.24) is 19.8 Å². The van der Waals surface area contributed by atoms with E-state index in [0.29, 0.717) is 12.1 Å². The number of H-pyrrole nitrogens is 1. The van der Waals surface area contributed by atoms with Crippen LogP contribution in [0.1, 0.15) is 39.4 Å². The molecule has 2 aromatic carbocycles. The number of hydrogen-bond acceptors (Lipinski definition) is 3. The first-order valence-electron chi connectivity index (χ1n) is 12.2. The zero-order chi connectivity index (χ0) is 25.2. The van der Waals surface area contributed by atoms with E-state index in [0.717, 1.165) is 56.5 Å². The van der Waals surface area contributed by atoms with Gasteiger partial charge in [0.1, 0.15) is 5.65 Å². The number of hydrogen-bond donors (Lipinski definition) is 1. The molecular formula is C29H28F2N4O. The Kier molecular flexibility index (Phi) is 5.23. The van der Waals surface area contributed by atoms with E-state index >= 15 is 0 Å². The smallest absolute Gasteiger partial charge is 0.253 e. The number of pyridine rings is 1. The summed E-state index contributed by atoms with van der Waals surface area (Å²) in [4.78, 5) is 23.8. The molecule has 3 heterocycles. The minimum atomic E-state index is -2.68. The zero-order valence-electron chi connectivity index (χ0n) is 20.6. The van der Waals surface area contributed by atoms with Crippen LogP contribution in [0, 0.1) is 0 Å². The third-order valence-electron chi connectivity index (χ3n) is 7.44. The van der Waals surface area contributed by atoms with E-state index in [9.17, 15) is 13.6 Å². The summed E-state index contributed by atoms with van der Waals surface area (Å²) < 4.78 is 29.2. The Hall–Kier alpha value is -3.58. The second-order valence-corrected chi connectivity index (χ2v) is 10.4. The second kappa shape index (κ2) is 8.23. The monoisotopic (exact) mass is 486 g/mol. The zero-order valence-corrected chi connectivity index (χ0v) is 20.6. The Morgan fingerprint density at radius 1 is 1.08 bits per heavy atom. The van der Waals surface area contributed by atoms with Crippen molar-refractivity contribution >= 4 is 16.9 Å². The topological polar surface area (TPSA) is 52.2 Å². The van der Waals surface area contributed by atoms with Crippen LogP contribution >= 0.6 is 0 Å². The number of amides is 1. The van der Waals surface area contributed by atoms with Crippen LogP contribution in [0.15, 0.2) is 54.9 Å². The Morgan fingerprint density at radius 3 is 2.58 bits per heavy atom. The molecule has 7 heteroatoms. The fraction of sp³-hybridized carbons (Fsp3) is 0.310. The summed E-state index contributed by atoms with van der Waals surface area (Å²) in [6.45, 7) is 1.44. The molecule has 2 aromatic heterocycles. The fourth-order valence-electron chi connectivity index (χ4n) is 5.90. The van der Waals surface area contributed by atoms with Gasteiger partial charge in [-0.15, -0.1) is 0 Å². The predicted molar refractivity (Wildman–Crippen MR) is 137 cm³/mol. The number of fused-ring (bicyclic) bond motifs is 1. The normalized spacial score (nSPS) is 18.8. The van der Waals surface area contributed by atoms with Crippen molar-refractivity contribution < 1.29 is 13.6 Å². The summed E-state index contributed by atoms with van der Waals surface area (Å²) in [6, 6.07) is 13.7. The van der Waals surface area contributed by atoms with Crippen molar-refractivity contribution in [2.75, 3.05) is 27.7 Å². The van der Waals surface area contributed by atoms with Crippen molar-refractivity contribution in [1.29, 1.82) is 0 Å². The molecule has 184 valence electrons. The molecule has 6 rings (SSSR count). The van der Waals surface area contributed by atoms with Gasteiger partial charge in [-0.2, -0.15) is 0 Å². The minimum Gasteiger partial charge on any atom is -0.346 e. The number of benzene rings is 2. The summed E-state index contributed by atoms with van der Waals surface area (Å²) in [5.41, 5.74) is 8.21. The molecule has 1 atom stereocenters. The van der Waals surface area contributed by atoms with Crippen LogP contribution in [0.5, 0.6) is 0 Å². The minimum absolute atomic E-state index is 0.0423. The predicted octanol–water partition coefficient (Wildman–Crippen LogP) is 5.71. The molecular weight excluding hydrogens is 458 g/mol. The number of halogens is 2. The molecule has 0 bridgehead atoms. The van der Waals surface area contributed by atoms with Crippen molar-refractivity contribution in [3.8, 4) is 22.3 Å². The van der Waals surface area contributed by atoms with Gasteiger partial charge in [-0.05, 0) is 59.1 Å². The second-order valence-electron chi connectivity index (χ2n) is 10.4. The van der Waals surface area contributed by atoms with Crippen LogP contribution in [-0.4, -0.2) is 59.3 Å². The van der Waals surface area contributed by atoms with Crippen molar-refractivity contribution in [2.45, 2.75) is 31.2 Å². The van der Waals surface area contributed by atoms with Crippen LogP contribution in [-0.2, 0) is 13.0 Å². The number of alkyl halides is 2. The van der Waals surface area contributed by atoms with Gasteiger partial charge in [0.15, 0.2) is 0 Å². The fourth-order valence-corrected chi connectivity index (χ4v) is 5.90. The number of nitrogens with one attached hydrogen (secondary N) is 1. The maximum absolute atomic E-state index is 14.6. The lowest BCUT2D eigenvalue weighted by molar-refractivity contribution is -0.0252. The maximum Gasteiger partial charge on any atom is 0.253 e. The first-order valence-corrected chi connectivity index (χ1v) is 12.2. The van der Waals surface area contributed by atoms with Gasteiger partial charge < -0.3 is 14.8 Å². The highest BCUT2D eigenvalue weighted by Gasteiger charge is 2.42. The van der Waals surface area contributed by atoms with Crippen molar-refractivity contribution in [3.63, 3.8) is 0 Å². The Bertz CT molecular complexity index is 1490. The van der Waals surface area contributed by atoms with Crippen LogP contribution in [0.3, 0.4) is 0 Å². The molecule has 36 heavy (non-hydrogen) atoms. The first kappa shape index (κ1) is 22.9. The Balaban J connectivity index is 1.42. The van der Waals surface area contributed by atoms with Gasteiger partial charge in [0, 0.05) is 80.4 Å². The number of carbonyl (C=O) groups excluding carboxylic acids is 1. The highest BCUT2D eigenvalue weighted by Crippen LogP contribution is 2.46. The lowest BCUT2D eigenvalue weighted by Gasteiger charge is -2.39. The van der Waals surface area contributed by atoms with E-state index < -0.39 is 5.92 Å². The number of aromatic amines is 1. The average molecular weight is 487 g/mol. The number of likely N-dealkylation sites (N-methyl/N-ethyl adjacent to an activating group) is 1. The molecule has 1 aliphatic heterocycles. The SMILES string of the molecule is CN1Cc2cc(-c3cnc4[nH]cc(-c5ccc(C(=O)N(C)C)cc5)c4c3)cc3c2C(C1)CC(F)(F)C3. The van der Waals surface area contributed by atoms with Gasteiger partial charge >= 0.3 is 0 Å². The lowest BCUT2D eigenvalue weighted by atomic mass is 9.75. The molecule has 0 spiro atoms. The Labute approximate surface area is 208 Å². The van der Waals surface area contributed by atoms with E-state index in [1.54, 1.807) is 25.2 Å². The van der Waals surface area contributed by atoms with Crippen LogP contribution < -0.4 is 0 Å². The van der Waals surface area contributed by atoms with E-state index in [-0.39, 0.29) is 24.7 Å². The van der Waals surface area contributed by atoms with E-state index in [2.05, 4.69) is 27.0 Å². The summed E-state index contributed by atoms with van der Waals surface area (Å²) >= 11 is 0. The first-order chi connectivity index (χ1) is 17.2. The third kappa shape index (κ3) is 3.88. The van der Waals surface area contributed by atoms with Crippen molar-refractivity contribution in [3.05, 3.63) is 77.1 Å². The number of aromatic nitrogens is 2. The molecule has 1 amide bonds. The average Bonchev–Trinajstić information content (AvgIpc) is 3.25. The quantitative estimate of drug-likeness (QED) is 0.404. The molecule has 0 saturated carbocycles. The number of carbonyl (C=O) groups is 1.